The third kappa shape index (κ3) is 5.75. The standard InChI is InChI=1S/C19H24N2O2/c1-15(13-21(2)3)20-19(22)17-9-11-18(12-10-17)23-14-16-7-5-4-6-8-16/h4-12,15H,13-14H2,1-3H3,(H,20,22)/t15-/m1/s1. The van der Waals surface area contributed by atoms with Crippen LogP contribution in [0, 0.1) is 0 Å². The smallest absolute Gasteiger partial charge is 0.251 e. The van der Waals surface area contributed by atoms with Gasteiger partial charge in [-0.15, -0.1) is 0 Å². The van der Waals surface area contributed by atoms with Gasteiger partial charge in [-0.3, -0.25) is 4.79 Å². The van der Waals surface area contributed by atoms with E-state index in [0.717, 1.165) is 17.9 Å². The van der Waals surface area contributed by atoms with E-state index in [4.69, 9.17) is 4.74 Å². The number of amides is 1. The molecule has 122 valence electrons. The van der Waals surface area contributed by atoms with E-state index in [9.17, 15) is 4.79 Å². The van der Waals surface area contributed by atoms with Crippen molar-refractivity contribution in [2.75, 3.05) is 20.6 Å². The van der Waals surface area contributed by atoms with Gasteiger partial charge in [0, 0.05) is 18.2 Å². The first kappa shape index (κ1) is 17.0. The largest absolute Gasteiger partial charge is 0.489 e. The third-order valence-electron chi connectivity index (χ3n) is 3.38. The monoisotopic (exact) mass is 312 g/mol. The van der Waals surface area contributed by atoms with Gasteiger partial charge in [0.25, 0.3) is 5.91 Å². The molecule has 0 saturated carbocycles. The van der Waals surface area contributed by atoms with Crippen molar-refractivity contribution in [1.82, 2.24) is 10.2 Å². The molecule has 1 N–H and O–H groups in total. The number of nitrogens with zero attached hydrogens (tertiary/aromatic N) is 1. The number of ether oxygens (including phenoxy) is 1. The van der Waals surface area contributed by atoms with Crippen molar-refractivity contribution in [1.29, 1.82) is 0 Å². The van der Waals surface area contributed by atoms with E-state index >= 15 is 0 Å². The van der Waals surface area contributed by atoms with Crippen LogP contribution >= 0.6 is 0 Å². The first-order valence-corrected chi connectivity index (χ1v) is 7.77. The SMILES string of the molecule is C[C@H](CN(C)C)NC(=O)c1ccc(OCc2ccccc2)cc1. The molecule has 0 spiro atoms. The molecule has 0 radical (unpaired) electrons. The minimum absolute atomic E-state index is 0.0611. The lowest BCUT2D eigenvalue weighted by atomic mass is 10.2. The Labute approximate surface area is 138 Å². The Morgan fingerprint density at radius 3 is 2.35 bits per heavy atom. The van der Waals surface area contributed by atoms with Gasteiger partial charge in [-0.25, -0.2) is 0 Å². The molecule has 1 atom stereocenters. The summed E-state index contributed by atoms with van der Waals surface area (Å²) in [7, 11) is 3.98. The average Bonchev–Trinajstić information content (AvgIpc) is 2.53. The lowest BCUT2D eigenvalue weighted by Crippen LogP contribution is -2.39. The molecule has 2 aromatic rings. The van der Waals surface area contributed by atoms with E-state index in [2.05, 4.69) is 5.32 Å². The van der Waals surface area contributed by atoms with Crippen LogP contribution in [0.1, 0.15) is 22.8 Å². The Bertz CT molecular complexity index is 609. The van der Waals surface area contributed by atoms with Gasteiger partial charge in [0.1, 0.15) is 12.4 Å². The molecule has 1 amide bonds. The Morgan fingerprint density at radius 2 is 1.74 bits per heavy atom. The predicted octanol–water partition coefficient (Wildman–Crippen LogP) is 2.95. The molecule has 0 aliphatic carbocycles. The second-order valence-corrected chi connectivity index (χ2v) is 5.94. The van der Waals surface area contributed by atoms with Gasteiger partial charge in [-0.05, 0) is 50.8 Å². The van der Waals surface area contributed by atoms with Gasteiger partial charge in [0.2, 0.25) is 0 Å². The lowest BCUT2D eigenvalue weighted by molar-refractivity contribution is 0.0934. The van der Waals surface area contributed by atoms with E-state index in [-0.39, 0.29) is 11.9 Å². The van der Waals surface area contributed by atoms with Crippen molar-refractivity contribution in [3.05, 3.63) is 65.7 Å². The summed E-state index contributed by atoms with van der Waals surface area (Å²) in [5.74, 6) is 0.695. The molecule has 4 heteroatoms. The third-order valence-corrected chi connectivity index (χ3v) is 3.38. The Balaban J connectivity index is 1.87. The molecule has 0 heterocycles. The zero-order chi connectivity index (χ0) is 16.7. The van der Waals surface area contributed by atoms with Gasteiger partial charge in [-0.1, -0.05) is 30.3 Å². The van der Waals surface area contributed by atoms with E-state index in [1.165, 1.54) is 0 Å². The zero-order valence-corrected chi connectivity index (χ0v) is 14.0. The first-order valence-electron chi connectivity index (χ1n) is 7.77. The fourth-order valence-electron chi connectivity index (χ4n) is 2.34. The minimum atomic E-state index is -0.0611. The molecule has 0 aromatic heterocycles. The summed E-state index contributed by atoms with van der Waals surface area (Å²) < 4.78 is 5.72. The number of nitrogens with one attached hydrogen (secondary N) is 1. The average molecular weight is 312 g/mol. The maximum atomic E-state index is 12.2. The zero-order valence-electron chi connectivity index (χ0n) is 14.0. The summed E-state index contributed by atoms with van der Waals surface area (Å²) in [5, 5.41) is 2.98. The second kappa shape index (κ2) is 8.34. The van der Waals surface area contributed by atoms with Crippen LogP contribution in [0.2, 0.25) is 0 Å². The number of hydrogen-bond acceptors (Lipinski definition) is 3. The van der Waals surface area contributed by atoms with Crippen molar-refractivity contribution in [3.8, 4) is 5.75 Å². The topological polar surface area (TPSA) is 41.6 Å². The van der Waals surface area contributed by atoms with Crippen molar-refractivity contribution in [3.63, 3.8) is 0 Å². The van der Waals surface area contributed by atoms with Crippen molar-refractivity contribution < 1.29 is 9.53 Å². The van der Waals surface area contributed by atoms with E-state index in [0.29, 0.717) is 12.2 Å². The molecular weight excluding hydrogens is 288 g/mol. The first-order chi connectivity index (χ1) is 11.0. The van der Waals surface area contributed by atoms with Crippen LogP contribution in [-0.2, 0) is 6.61 Å². The predicted molar refractivity (Wildman–Crippen MR) is 92.7 cm³/mol. The van der Waals surface area contributed by atoms with Gasteiger partial charge in [0.05, 0.1) is 0 Å². The molecule has 2 rings (SSSR count). The Morgan fingerprint density at radius 1 is 1.09 bits per heavy atom. The molecule has 0 aliphatic rings. The van der Waals surface area contributed by atoms with Gasteiger partial charge in [-0.2, -0.15) is 0 Å². The highest BCUT2D eigenvalue weighted by atomic mass is 16.5. The number of carbonyl (C=O) groups excluding carboxylic acids is 1. The fraction of sp³-hybridized carbons (Fsp3) is 0.316. The van der Waals surface area contributed by atoms with Gasteiger partial charge in [0.15, 0.2) is 0 Å². The van der Waals surface area contributed by atoms with Crippen LogP contribution in [0.25, 0.3) is 0 Å². The van der Waals surface area contributed by atoms with Crippen LogP contribution in [-0.4, -0.2) is 37.5 Å². The molecule has 2 aromatic carbocycles. The number of carbonyl (C=O) groups is 1. The highest BCUT2D eigenvalue weighted by molar-refractivity contribution is 5.94. The van der Waals surface area contributed by atoms with E-state index in [1.807, 2.05) is 68.4 Å². The molecule has 4 nitrogen and oxygen atoms in total. The molecule has 0 aliphatic heterocycles. The summed E-state index contributed by atoms with van der Waals surface area (Å²) in [6, 6.07) is 17.3. The maximum absolute atomic E-state index is 12.2. The lowest BCUT2D eigenvalue weighted by Gasteiger charge is -2.18. The molecule has 23 heavy (non-hydrogen) atoms. The molecular formula is C19H24N2O2. The van der Waals surface area contributed by atoms with Gasteiger partial charge < -0.3 is 15.0 Å². The quantitative estimate of drug-likeness (QED) is 0.854. The van der Waals surface area contributed by atoms with Crippen LogP contribution in [0.4, 0.5) is 0 Å². The van der Waals surface area contributed by atoms with Crippen molar-refractivity contribution in [2.45, 2.75) is 19.6 Å². The van der Waals surface area contributed by atoms with Crippen molar-refractivity contribution in [2.24, 2.45) is 0 Å². The number of rotatable bonds is 7. The fourth-order valence-corrected chi connectivity index (χ4v) is 2.34. The molecule has 0 saturated heterocycles. The normalized spacial score (nSPS) is 12.0. The maximum Gasteiger partial charge on any atom is 0.251 e. The van der Waals surface area contributed by atoms with E-state index < -0.39 is 0 Å². The molecule has 0 unspecified atom stereocenters. The summed E-state index contributed by atoms with van der Waals surface area (Å²) in [4.78, 5) is 14.2. The highest BCUT2D eigenvalue weighted by Gasteiger charge is 2.10. The molecule has 0 fully saturated rings. The van der Waals surface area contributed by atoms with Crippen LogP contribution in [0.15, 0.2) is 54.6 Å². The number of likely N-dealkylation sites (N-methyl/N-ethyl adjacent to an activating group) is 1. The van der Waals surface area contributed by atoms with Gasteiger partial charge >= 0.3 is 0 Å². The highest BCUT2D eigenvalue weighted by Crippen LogP contribution is 2.14. The molecule has 0 bridgehead atoms. The number of hydrogen-bond donors (Lipinski definition) is 1. The Kier molecular flexibility index (Phi) is 6.18. The summed E-state index contributed by atoms with van der Waals surface area (Å²) in [5.41, 5.74) is 1.76. The minimum Gasteiger partial charge on any atom is -0.489 e. The summed E-state index contributed by atoms with van der Waals surface area (Å²) in [6.45, 7) is 3.32. The summed E-state index contributed by atoms with van der Waals surface area (Å²) >= 11 is 0. The van der Waals surface area contributed by atoms with Crippen molar-refractivity contribution >= 4 is 5.91 Å². The van der Waals surface area contributed by atoms with Crippen LogP contribution < -0.4 is 10.1 Å². The second-order valence-electron chi connectivity index (χ2n) is 5.94. The number of benzene rings is 2. The van der Waals surface area contributed by atoms with Crippen LogP contribution in [0.3, 0.4) is 0 Å². The summed E-state index contributed by atoms with van der Waals surface area (Å²) in [6.07, 6.45) is 0. The van der Waals surface area contributed by atoms with E-state index in [1.54, 1.807) is 12.1 Å². The Hall–Kier alpha value is -2.33. The van der Waals surface area contributed by atoms with Crippen LogP contribution in [0.5, 0.6) is 5.75 Å².